The minimum atomic E-state index is -3.43. The fourth-order valence-corrected chi connectivity index (χ4v) is 6.43. The lowest BCUT2D eigenvalue weighted by molar-refractivity contribution is -0.159. The first-order chi connectivity index (χ1) is 18.2. The molecule has 0 aromatic heterocycles. The Hall–Kier alpha value is -3.69. The van der Waals surface area contributed by atoms with E-state index in [2.05, 4.69) is 41.0 Å². The monoisotopic (exact) mass is 538 g/mol. The predicted molar refractivity (Wildman–Crippen MR) is 147 cm³/mol. The van der Waals surface area contributed by atoms with Crippen LogP contribution in [0.3, 0.4) is 0 Å². The van der Waals surface area contributed by atoms with Crippen LogP contribution in [0.15, 0.2) is 89.8 Å². The zero-order valence-electron chi connectivity index (χ0n) is 21.4. The standard InChI is InChI=1S/C27H32N2O2S.C2H2O4/c1-23-11-8-9-16-26(23)29-21-19-28(20-22-29)18-10-17-27(24-12-4-2-5-13-24)32(30,31)25-14-6-3-7-15-25;3-1(4)2(5)6/h2-9,11-16,27H,10,17-22H2,1H3;(H,3,4)(H,5,6). The number of carboxylic acids is 2. The molecule has 2 N–H and O–H groups in total. The number of para-hydroxylation sites is 1. The summed E-state index contributed by atoms with van der Waals surface area (Å²) >= 11 is 0. The van der Waals surface area contributed by atoms with Crippen molar-refractivity contribution in [1.29, 1.82) is 0 Å². The Morgan fingerprint density at radius 2 is 1.32 bits per heavy atom. The normalized spacial score (nSPS) is 14.7. The number of carboxylic acid groups (broad SMARTS) is 2. The van der Waals surface area contributed by atoms with Gasteiger partial charge in [-0.05, 0) is 55.6 Å². The topological polar surface area (TPSA) is 115 Å². The van der Waals surface area contributed by atoms with Crippen LogP contribution in [0, 0.1) is 6.92 Å². The van der Waals surface area contributed by atoms with E-state index in [1.807, 2.05) is 36.4 Å². The van der Waals surface area contributed by atoms with Crippen molar-refractivity contribution < 1.29 is 28.2 Å². The van der Waals surface area contributed by atoms with Gasteiger partial charge in [0.1, 0.15) is 0 Å². The average Bonchev–Trinajstić information content (AvgIpc) is 2.93. The van der Waals surface area contributed by atoms with E-state index in [1.165, 1.54) is 11.3 Å². The molecule has 1 unspecified atom stereocenters. The van der Waals surface area contributed by atoms with Gasteiger partial charge >= 0.3 is 11.9 Å². The maximum absolute atomic E-state index is 13.4. The van der Waals surface area contributed by atoms with Crippen LogP contribution < -0.4 is 4.90 Å². The van der Waals surface area contributed by atoms with E-state index in [0.717, 1.165) is 44.7 Å². The second kappa shape index (κ2) is 13.7. The first kappa shape index (κ1) is 28.9. The molecule has 0 bridgehead atoms. The highest BCUT2D eigenvalue weighted by atomic mass is 32.2. The molecule has 1 fully saturated rings. The summed E-state index contributed by atoms with van der Waals surface area (Å²) < 4.78 is 26.9. The van der Waals surface area contributed by atoms with Crippen LogP contribution in [0.1, 0.15) is 29.2 Å². The van der Waals surface area contributed by atoms with E-state index in [0.29, 0.717) is 11.3 Å². The molecule has 1 atom stereocenters. The Bertz CT molecular complexity index is 1280. The molecule has 1 aliphatic heterocycles. The molecule has 0 aliphatic carbocycles. The number of carbonyl (C=O) groups is 2. The minimum absolute atomic E-state index is 0.403. The largest absolute Gasteiger partial charge is 0.473 e. The third-order valence-corrected chi connectivity index (χ3v) is 8.76. The molecule has 4 rings (SSSR count). The van der Waals surface area contributed by atoms with Gasteiger partial charge in [0, 0.05) is 31.9 Å². The second-order valence-corrected chi connectivity index (χ2v) is 11.3. The Kier molecular flexibility index (Phi) is 10.4. The Morgan fingerprint density at radius 3 is 1.87 bits per heavy atom. The van der Waals surface area contributed by atoms with Gasteiger partial charge in [-0.25, -0.2) is 18.0 Å². The first-order valence-corrected chi connectivity index (χ1v) is 14.1. The number of aliphatic carboxylic acids is 2. The SMILES string of the molecule is Cc1ccccc1N1CCN(CCCC(c2ccccc2)S(=O)(=O)c2ccccc2)CC1.O=C(O)C(=O)O. The third-order valence-electron chi connectivity index (χ3n) is 6.57. The van der Waals surface area contributed by atoms with Gasteiger partial charge in [-0.1, -0.05) is 66.7 Å². The van der Waals surface area contributed by atoms with Gasteiger partial charge in [-0.15, -0.1) is 0 Å². The Balaban J connectivity index is 0.000000599. The van der Waals surface area contributed by atoms with E-state index in [9.17, 15) is 8.42 Å². The molecule has 0 radical (unpaired) electrons. The molecule has 38 heavy (non-hydrogen) atoms. The summed E-state index contributed by atoms with van der Waals surface area (Å²) in [5, 5.41) is 14.3. The lowest BCUT2D eigenvalue weighted by atomic mass is 10.1. The third kappa shape index (κ3) is 7.90. The Labute approximate surface area is 224 Å². The van der Waals surface area contributed by atoms with Crippen LogP contribution in [0.4, 0.5) is 5.69 Å². The molecule has 8 nitrogen and oxygen atoms in total. The van der Waals surface area contributed by atoms with Crippen molar-refractivity contribution in [2.75, 3.05) is 37.6 Å². The summed E-state index contributed by atoms with van der Waals surface area (Å²) in [6, 6.07) is 27.1. The summed E-state index contributed by atoms with van der Waals surface area (Å²) in [6.45, 7) is 7.13. The van der Waals surface area contributed by atoms with Gasteiger partial charge in [0.2, 0.25) is 0 Å². The first-order valence-electron chi connectivity index (χ1n) is 12.5. The highest BCUT2D eigenvalue weighted by Crippen LogP contribution is 2.33. The molecular weight excluding hydrogens is 504 g/mol. The quantitative estimate of drug-likeness (QED) is 0.409. The van der Waals surface area contributed by atoms with E-state index in [4.69, 9.17) is 19.8 Å². The van der Waals surface area contributed by atoms with Crippen molar-refractivity contribution in [3.63, 3.8) is 0 Å². The molecule has 0 amide bonds. The number of hydrogen-bond acceptors (Lipinski definition) is 6. The van der Waals surface area contributed by atoms with Gasteiger partial charge in [-0.3, -0.25) is 4.90 Å². The molecule has 0 spiro atoms. The number of aryl methyl sites for hydroxylation is 1. The number of rotatable bonds is 8. The number of anilines is 1. The number of hydrogen-bond donors (Lipinski definition) is 2. The zero-order valence-corrected chi connectivity index (χ0v) is 22.3. The van der Waals surface area contributed by atoms with E-state index in [1.54, 1.807) is 24.3 Å². The number of piperazine rings is 1. The van der Waals surface area contributed by atoms with Gasteiger partial charge in [0.25, 0.3) is 0 Å². The van der Waals surface area contributed by atoms with Crippen LogP contribution in [-0.4, -0.2) is 68.2 Å². The predicted octanol–water partition coefficient (Wildman–Crippen LogP) is 4.27. The van der Waals surface area contributed by atoms with Crippen molar-refractivity contribution in [2.45, 2.75) is 29.9 Å². The summed E-state index contributed by atoms with van der Waals surface area (Å²) in [5.41, 5.74) is 3.52. The maximum Gasteiger partial charge on any atom is 0.414 e. The molecule has 3 aromatic rings. The molecule has 9 heteroatoms. The number of sulfone groups is 1. The van der Waals surface area contributed by atoms with Gasteiger partial charge in [0.15, 0.2) is 9.84 Å². The van der Waals surface area contributed by atoms with Crippen molar-refractivity contribution >= 4 is 27.5 Å². The fourth-order valence-electron chi connectivity index (χ4n) is 4.57. The zero-order chi connectivity index (χ0) is 27.5. The van der Waals surface area contributed by atoms with Crippen molar-refractivity contribution in [3.8, 4) is 0 Å². The lowest BCUT2D eigenvalue weighted by Crippen LogP contribution is -2.46. The Morgan fingerprint density at radius 1 is 0.789 bits per heavy atom. The van der Waals surface area contributed by atoms with Crippen LogP contribution in [0.25, 0.3) is 0 Å². The molecule has 1 aliphatic rings. The van der Waals surface area contributed by atoms with Crippen LogP contribution in [-0.2, 0) is 19.4 Å². The molecule has 0 saturated carbocycles. The molecule has 3 aromatic carbocycles. The van der Waals surface area contributed by atoms with Crippen molar-refractivity contribution in [2.24, 2.45) is 0 Å². The summed E-state index contributed by atoms with van der Waals surface area (Å²) in [7, 11) is -3.43. The summed E-state index contributed by atoms with van der Waals surface area (Å²) in [6.07, 6.45) is 1.48. The van der Waals surface area contributed by atoms with Crippen LogP contribution >= 0.6 is 0 Å². The van der Waals surface area contributed by atoms with Gasteiger partial charge in [0.05, 0.1) is 10.1 Å². The van der Waals surface area contributed by atoms with Crippen LogP contribution in [0.2, 0.25) is 0 Å². The minimum Gasteiger partial charge on any atom is -0.473 e. The van der Waals surface area contributed by atoms with E-state index in [-0.39, 0.29) is 0 Å². The molecular formula is C29H34N2O6S. The highest BCUT2D eigenvalue weighted by molar-refractivity contribution is 7.91. The summed E-state index contributed by atoms with van der Waals surface area (Å²) in [4.78, 5) is 23.5. The fraction of sp³-hybridized carbons (Fsp3) is 0.310. The van der Waals surface area contributed by atoms with Crippen LogP contribution in [0.5, 0.6) is 0 Å². The highest BCUT2D eigenvalue weighted by Gasteiger charge is 2.29. The van der Waals surface area contributed by atoms with Crippen molar-refractivity contribution in [3.05, 3.63) is 96.1 Å². The summed E-state index contributed by atoms with van der Waals surface area (Å²) in [5.74, 6) is -3.65. The number of benzene rings is 3. The lowest BCUT2D eigenvalue weighted by Gasteiger charge is -2.37. The molecule has 1 heterocycles. The molecule has 1 saturated heterocycles. The smallest absolute Gasteiger partial charge is 0.414 e. The van der Waals surface area contributed by atoms with E-state index >= 15 is 0 Å². The van der Waals surface area contributed by atoms with Crippen molar-refractivity contribution in [1.82, 2.24) is 4.90 Å². The van der Waals surface area contributed by atoms with Gasteiger partial charge in [-0.2, -0.15) is 0 Å². The van der Waals surface area contributed by atoms with Gasteiger partial charge < -0.3 is 15.1 Å². The number of nitrogens with zero attached hydrogens (tertiary/aromatic N) is 2. The second-order valence-electron chi connectivity index (χ2n) is 9.13. The maximum atomic E-state index is 13.4. The molecule has 202 valence electrons. The average molecular weight is 539 g/mol. The van der Waals surface area contributed by atoms with E-state index < -0.39 is 27.0 Å².